The number of fused-ring (bicyclic) bond motifs is 4. The maximum absolute atomic E-state index is 6.44. The third-order valence-corrected chi connectivity index (χ3v) is 8.71. The fraction of sp³-hybridized carbons (Fsp3) is 1.00. The third-order valence-electron chi connectivity index (χ3n) is 8.71. The lowest BCUT2D eigenvalue weighted by Crippen LogP contribution is -2.41. The van der Waals surface area contributed by atoms with E-state index in [-0.39, 0.29) is 0 Å². The van der Waals surface area contributed by atoms with Crippen LogP contribution in [0.3, 0.4) is 0 Å². The van der Waals surface area contributed by atoms with Gasteiger partial charge in [0.05, 0.1) is 43.2 Å². The van der Waals surface area contributed by atoms with Crippen LogP contribution in [0.15, 0.2) is 0 Å². The van der Waals surface area contributed by atoms with Crippen LogP contribution in [-0.4, -0.2) is 49.8 Å². The van der Waals surface area contributed by atoms with Crippen molar-refractivity contribution in [1.29, 1.82) is 0 Å². The Morgan fingerprint density at radius 1 is 0.714 bits per heavy atom. The monoisotopic (exact) mass is 390 g/mol. The Kier molecular flexibility index (Phi) is 4.79. The maximum Gasteiger partial charge on any atom is 0.0866 e. The van der Waals surface area contributed by atoms with Gasteiger partial charge >= 0.3 is 0 Å². The summed E-state index contributed by atoms with van der Waals surface area (Å²) in [5.41, 5.74) is 0.391. The van der Waals surface area contributed by atoms with E-state index in [0.717, 1.165) is 43.8 Å². The Labute approximate surface area is 170 Å². The topological polar surface area (TPSA) is 43.5 Å². The highest BCUT2D eigenvalue weighted by Gasteiger charge is 2.47. The van der Waals surface area contributed by atoms with Gasteiger partial charge in [0.2, 0.25) is 0 Å². The molecule has 158 valence electrons. The van der Waals surface area contributed by atoms with Gasteiger partial charge in [-0.1, -0.05) is 6.92 Å². The van der Waals surface area contributed by atoms with Gasteiger partial charge in [0.25, 0.3) is 0 Å². The second-order valence-corrected chi connectivity index (χ2v) is 11.5. The minimum atomic E-state index is 0.391. The Morgan fingerprint density at radius 3 is 1.93 bits per heavy atom. The molecular formula is C24H38O4. The molecule has 0 spiro atoms. The fourth-order valence-corrected chi connectivity index (χ4v) is 7.40. The molecule has 0 aromatic carbocycles. The lowest BCUT2D eigenvalue weighted by Gasteiger charge is -2.48. The first-order valence-corrected chi connectivity index (χ1v) is 12.2. The number of epoxide rings is 2. The van der Waals surface area contributed by atoms with E-state index in [4.69, 9.17) is 18.9 Å². The second kappa shape index (κ2) is 7.21. The van der Waals surface area contributed by atoms with E-state index in [0.29, 0.717) is 42.0 Å². The van der Waals surface area contributed by atoms with Gasteiger partial charge in [-0.2, -0.15) is 0 Å². The highest BCUT2D eigenvalue weighted by Crippen LogP contribution is 2.51. The summed E-state index contributed by atoms with van der Waals surface area (Å²) in [6.45, 7) is 4.46. The summed E-state index contributed by atoms with van der Waals surface area (Å²) in [6, 6.07) is 0. The van der Waals surface area contributed by atoms with Gasteiger partial charge in [-0.15, -0.1) is 0 Å². The fourth-order valence-electron chi connectivity index (χ4n) is 7.40. The van der Waals surface area contributed by atoms with Gasteiger partial charge in [0.1, 0.15) is 0 Å². The van der Waals surface area contributed by atoms with Gasteiger partial charge in [-0.05, 0) is 81.0 Å². The van der Waals surface area contributed by atoms with Crippen LogP contribution in [0.2, 0.25) is 0 Å². The Hall–Kier alpha value is -0.160. The molecule has 6 fully saturated rings. The molecule has 8 atom stereocenters. The van der Waals surface area contributed by atoms with Gasteiger partial charge in [0.15, 0.2) is 0 Å². The zero-order chi connectivity index (χ0) is 18.7. The normalized spacial score (nSPS) is 54.5. The highest BCUT2D eigenvalue weighted by atomic mass is 16.6. The van der Waals surface area contributed by atoms with Crippen molar-refractivity contribution in [2.24, 2.45) is 23.2 Å². The molecular weight excluding hydrogens is 352 g/mol. The van der Waals surface area contributed by atoms with Gasteiger partial charge in [-0.3, -0.25) is 0 Å². The minimum Gasteiger partial charge on any atom is -0.378 e. The third kappa shape index (κ3) is 4.04. The largest absolute Gasteiger partial charge is 0.378 e. The lowest BCUT2D eigenvalue weighted by molar-refractivity contribution is -0.0704. The standard InChI is InChI=1S/C24H38O4/c1-24(14-26-19-3-5-21-23(10-19)28-21)11-15-6-16(12-24)8-17(7-15)13-25-18-2-4-20-22(9-18)27-20/h15-23H,2-14H2,1H3. The molecule has 6 aliphatic rings. The Bertz CT molecular complexity index is 565. The van der Waals surface area contributed by atoms with Crippen molar-refractivity contribution in [1.82, 2.24) is 0 Å². The van der Waals surface area contributed by atoms with Crippen molar-refractivity contribution in [3.63, 3.8) is 0 Å². The first kappa shape index (κ1) is 18.6. The average molecular weight is 391 g/mol. The van der Waals surface area contributed by atoms with E-state index in [1.165, 1.54) is 57.8 Å². The number of hydrogen-bond donors (Lipinski definition) is 0. The molecule has 2 bridgehead atoms. The molecule has 4 nitrogen and oxygen atoms in total. The van der Waals surface area contributed by atoms with Crippen LogP contribution >= 0.6 is 0 Å². The van der Waals surface area contributed by atoms with Gasteiger partial charge in [-0.25, -0.2) is 0 Å². The molecule has 2 aliphatic heterocycles. The molecule has 2 heterocycles. The zero-order valence-electron chi connectivity index (χ0n) is 17.5. The summed E-state index contributed by atoms with van der Waals surface area (Å²) in [5.74, 6) is 2.56. The molecule has 4 aliphatic carbocycles. The van der Waals surface area contributed by atoms with Crippen LogP contribution in [-0.2, 0) is 18.9 Å². The predicted molar refractivity (Wildman–Crippen MR) is 106 cm³/mol. The summed E-state index contributed by atoms with van der Waals surface area (Å²) < 4.78 is 24.1. The van der Waals surface area contributed by atoms with Crippen LogP contribution in [0, 0.1) is 23.2 Å². The zero-order valence-corrected chi connectivity index (χ0v) is 17.5. The quantitative estimate of drug-likeness (QED) is 0.627. The summed E-state index contributed by atoms with van der Waals surface area (Å²) in [7, 11) is 0. The number of hydrogen-bond acceptors (Lipinski definition) is 4. The maximum atomic E-state index is 6.44. The first-order chi connectivity index (χ1) is 13.6. The molecule has 8 unspecified atom stereocenters. The Balaban J connectivity index is 0.966. The summed E-state index contributed by atoms with van der Waals surface area (Å²) in [6.07, 6.45) is 17.2. The van der Waals surface area contributed by atoms with Crippen molar-refractivity contribution < 1.29 is 18.9 Å². The van der Waals surface area contributed by atoms with Crippen LogP contribution in [0.5, 0.6) is 0 Å². The Morgan fingerprint density at radius 2 is 1.32 bits per heavy atom. The molecule has 2 saturated heterocycles. The van der Waals surface area contributed by atoms with Crippen molar-refractivity contribution >= 4 is 0 Å². The smallest absolute Gasteiger partial charge is 0.0866 e. The van der Waals surface area contributed by atoms with E-state index in [9.17, 15) is 0 Å². The van der Waals surface area contributed by atoms with Gasteiger partial charge in [0, 0.05) is 19.4 Å². The first-order valence-electron chi connectivity index (χ1n) is 12.2. The number of ether oxygens (including phenoxy) is 4. The van der Waals surface area contributed by atoms with Gasteiger partial charge < -0.3 is 18.9 Å². The van der Waals surface area contributed by atoms with Crippen molar-refractivity contribution in [3.05, 3.63) is 0 Å². The molecule has 4 saturated carbocycles. The van der Waals surface area contributed by atoms with Crippen molar-refractivity contribution in [2.75, 3.05) is 13.2 Å². The van der Waals surface area contributed by atoms with E-state index < -0.39 is 0 Å². The van der Waals surface area contributed by atoms with Crippen LogP contribution in [0.25, 0.3) is 0 Å². The minimum absolute atomic E-state index is 0.391. The molecule has 0 aromatic rings. The summed E-state index contributed by atoms with van der Waals surface area (Å²) in [5, 5.41) is 0. The van der Waals surface area contributed by atoms with E-state index in [2.05, 4.69) is 6.92 Å². The van der Waals surface area contributed by atoms with E-state index >= 15 is 0 Å². The molecule has 0 radical (unpaired) electrons. The summed E-state index contributed by atoms with van der Waals surface area (Å²) >= 11 is 0. The van der Waals surface area contributed by atoms with Crippen molar-refractivity contribution in [3.8, 4) is 0 Å². The molecule has 4 heteroatoms. The lowest BCUT2D eigenvalue weighted by atomic mass is 9.59. The van der Waals surface area contributed by atoms with Crippen LogP contribution in [0.1, 0.15) is 77.6 Å². The van der Waals surface area contributed by atoms with Crippen molar-refractivity contribution in [2.45, 2.75) is 114 Å². The molecule has 0 aromatic heterocycles. The van der Waals surface area contributed by atoms with E-state index in [1.54, 1.807) is 0 Å². The predicted octanol–water partition coefficient (Wildman–Crippen LogP) is 4.49. The molecule has 28 heavy (non-hydrogen) atoms. The highest BCUT2D eigenvalue weighted by molar-refractivity contribution is 4.96. The summed E-state index contributed by atoms with van der Waals surface area (Å²) in [4.78, 5) is 0. The molecule has 0 N–H and O–H groups in total. The number of rotatable bonds is 6. The molecule has 6 rings (SSSR count). The van der Waals surface area contributed by atoms with E-state index in [1.807, 2.05) is 0 Å². The molecule has 0 amide bonds. The van der Waals surface area contributed by atoms with Crippen LogP contribution in [0.4, 0.5) is 0 Å². The van der Waals surface area contributed by atoms with Crippen LogP contribution < -0.4 is 0 Å². The second-order valence-electron chi connectivity index (χ2n) is 11.5. The SMILES string of the molecule is CC1(COC2CCC3OC3C2)CC2CC(COC3CCC4OC4C3)CC(C2)C1. The average Bonchev–Trinajstić information content (AvgIpc) is 3.57.